The molecule has 0 aliphatic rings. The predicted molar refractivity (Wildman–Crippen MR) is 191 cm³/mol. The van der Waals surface area contributed by atoms with Crippen LogP contribution in [0.2, 0.25) is 5.04 Å². The highest BCUT2D eigenvalue weighted by Gasteiger charge is 2.49. The lowest BCUT2D eigenvalue weighted by Crippen LogP contribution is -2.66. The molecule has 0 fully saturated rings. The molecule has 0 aliphatic carbocycles. The van der Waals surface area contributed by atoms with Crippen LogP contribution in [-0.2, 0) is 20.9 Å². The Morgan fingerprint density at radius 1 is 0.762 bits per heavy atom. The smallest absolute Gasteiger partial charge is 0.338 e. The largest absolute Gasteiger partial charge is 0.462 e. The fourth-order valence-corrected chi connectivity index (χ4v) is 10.4. The van der Waals surface area contributed by atoms with Gasteiger partial charge < -0.3 is 9.16 Å². The molecule has 4 aromatic rings. The number of ether oxygens (including phenoxy) is 1. The first-order valence-corrected chi connectivity index (χ1v) is 18.6. The second-order valence-electron chi connectivity index (χ2n) is 11.1. The summed E-state index contributed by atoms with van der Waals surface area (Å²) >= 11 is 5.70. The molecule has 42 heavy (non-hydrogen) atoms. The fraction of sp³-hybridized carbons (Fsp3) is 0.306. The summed E-state index contributed by atoms with van der Waals surface area (Å²) in [7, 11) is -2.40. The lowest BCUT2D eigenvalue weighted by Gasteiger charge is -2.43. The number of halogens is 2. The van der Waals surface area contributed by atoms with E-state index in [9.17, 15) is 4.79 Å². The summed E-state index contributed by atoms with van der Waals surface area (Å²) in [5.41, 5.74) is 3.34. The summed E-state index contributed by atoms with van der Waals surface area (Å²) in [5.74, 6) is -0.256. The van der Waals surface area contributed by atoms with Gasteiger partial charge in [-0.05, 0) is 99.6 Å². The number of benzene rings is 4. The molecule has 0 radical (unpaired) electrons. The minimum absolute atomic E-state index is 0.0429. The molecule has 0 amide bonds. The molecule has 0 unspecified atom stereocenters. The van der Waals surface area contributed by atoms with Gasteiger partial charge in [0, 0.05) is 15.5 Å². The maximum Gasteiger partial charge on any atom is 0.338 e. The van der Waals surface area contributed by atoms with Crippen molar-refractivity contribution in [3.63, 3.8) is 0 Å². The Hall–Kier alpha value is -2.26. The van der Waals surface area contributed by atoms with E-state index in [1.165, 1.54) is 21.5 Å². The third-order valence-corrected chi connectivity index (χ3v) is 13.5. The summed E-state index contributed by atoms with van der Waals surface area (Å²) < 4.78 is 12.9. The van der Waals surface area contributed by atoms with Gasteiger partial charge in [-0.25, -0.2) is 4.79 Å². The summed E-state index contributed by atoms with van der Waals surface area (Å²) in [6.07, 6.45) is 3.32. The van der Waals surface area contributed by atoms with Gasteiger partial charge in [0.1, 0.15) is 0 Å². The molecule has 0 saturated carbocycles. The Morgan fingerprint density at radius 3 is 1.76 bits per heavy atom. The monoisotopic (exact) mass is 756 g/mol. The molecule has 0 bridgehead atoms. The van der Waals surface area contributed by atoms with Crippen molar-refractivity contribution in [3.05, 3.63) is 129 Å². The maximum absolute atomic E-state index is 11.1. The second-order valence-corrected chi connectivity index (χ2v) is 17.3. The van der Waals surface area contributed by atoms with Crippen LogP contribution in [0.15, 0.2) is 109 Å². The number of carbonyl (C=O) groups excluding carboxylic acids is 1. The lowest BCUT2D eigenvalue weighted by molar-refractivity contribution is 0.0526. The van der Waals surface area contributed by atoms with E-state index in [4.69, 9.17) is 9.16 Å². The molecule has 222 valence electrons. The van der Waals surface area contributed by atoms with Crippen LogP contribution >= 0.6 is 38.5 Å². The minimum Gasteiger partial charge on any atom is -0.462 e. The van der Waals surface area contributed by atoms with Crippen molar-refractivity contribution in [2.75, 3.05) is 13.2 Å². The van der Waals surface area contributed by atoms with Gasteiger partial charge in [-0.2, -0.15) is 0 Å². The zero-order valence-electron chi connectivity index (χ0n) is 25.1. The molecule has 0 aromatic heterocycles. The maximum atomic E-state index is 11.1. The third-order valence-electron chi connectivity index (χ3n) is 7.13. The Bertz CT molecular complexity index is 1300. The molecule has 0 aliphatic heterocycles. The van der Waals surface area contributed by atoms with E-state index in [0.29, 0.717) is 12.2 Å². The number of alkyl halides is 1. The number of aryl methyl sites for hydroxylation is 1. The van der Waals surface area contributed by atoms with Crippen LogP contribution in [0, 0.1) is 3.57 Å². The van der Waals surface area contributed by atoms with Crippen molar-refractivity contribution in [2.24, 2.45) is 0 Å². The summed E-state index contributed by atoms with van der Waals surface area (Å²) in [5, 5.41) is 3.67. The van der Waals surface area contributed by atoms with Crippen molar-refractivity contribution in [1.82, 2.24) is 0 Å². The zero-order chi connectivity index (χ0) is 30.4. The lowest BCUT2D eigenvalue weighted by atomic mass is 10.1. The number of carbonyl (C=O) groups is 1. The minimum atomic E-state index is -2.40. The number of unbranched alkanes of at least 4 members (excludes halogenated alkanes) is 1. The average Bonchev–Trinajstić information content (AvgIpc) is 3.00. The number of rotatable bonds is 11. The van der Waals surface area contributed by atoms with E-state index in [1.807, 2.05) is 12.1 Å². The Kier molecular flexibility index (Phi) is 14.0. The predicted octanol–water partition coefficient (Wildman–Crippen LogP) is 8.95. The highest BCUT2D eigenvalue weighted by molar-refractivity contribution is 14.1. The van der Waals surface area contributed by atoms with Gasteiger partial charge in [0.2, 0.25) is 0 Å². The molecule has 0 N–H and O–H groups in total. The van der Waals surface area contributed by atoms with Gasteiger partial charge in [-0.3, -0.25) is 0 Å². The summed E-state index contributed by atoms with van der Waals surface area (Å²) in [4.78, 5) is 11.1. The molecular formula is C36H42BrIO3Si. The van der Waals surface area contributed by atoms with Gasteiger partial charge in [-0.15, -0.1) is 0 Å². The van der Waals surface area contributed by atoms with Crippen LogP contribution < -0.4 is 10.4 Å². The number of hydrogen-bond donors (Lipinski definition) is 0. The highest BCUT2D eigenvalue weighted by atomic mass is 127. The van der Waals surface area contributed by atoms with Gasteiger partial charge in [-0.1, -0.05) is 122 Å². The Balaban J connectivity index is 0.000000337. The van der Waals surface area contributed by atoms with E-state index >= 15 is 0 Å². The van der Waals surface area contributed by atoms with Gasteiger partial charge in [0.05, 0.1) is 12.2 Å². The molecule has 6 heteroatoms. The Morgan fingerprint density at radius 2 is 1.29 bits per heavy atom. The van der Waals surface area contributed by atoms with Gasteiger partial charge in [0.15, 0.2) is 0 Å². The molecule has 0 atom stereocenters. The van der Waals surface area contributed by atoms with E-state index in [2.05, 4.69) is 144 Å². The van der Waals surface area contributed by atoms with Crippen molar-refractivity contribution in [2.45, 2.75) is 57.3 Å². The first-order valence-electron chi connectivity index (χ1n) is 14.5. The first kappa shape index (κ1) is 34.2. The van der Waals surface area contributed by atoms with Crippen LogP contribution in [0.5, 0.6) is 0 Å². The molecule has 0 heterocycles. The van der Waals surface area contributed by atoms with Gasteiger partial charge >= 0.3 is 5.97 Å². The van der Waals surface area contributed by atoms with E-state index < -0.39 is 8.32 Å². The SMILES string of the molecule is CC(C)(C)[Si](OCCCCc1ccc(CBr)cc1)(c1ccccc1)c1ccccc1.CCOC(=O)c1ccc(I)cc1. The summed E-state index contributed by atoms with van der Waals surface area (Å²) in [6.45, 7) is 10.0. The molecular weight excluding hydrogens is 715 g/mol. The molecule has 4 aromatic carbocycles. The molecule has 0 saturated heterocycles. The Labute approximate surface area is 275 Å². The quantitative estimate of drug-likeness (QED) is 0.0504. The van der Waals surface area contributed by atoms with Crippen LogP contribution in [0.1, 0.15) is 62.0 Å². The number of hydrogen-bond acceptors (Lipinski definition) is 3. The van der Waals surface area contributed by atoms with Crippen molar-refractivity contribution < 1.29 is 14.0 Å². The third kappa shape index (κ3) is 9.63. The first-order chi connectivity index (χ1) is 20.2. The topological polar surface area (TPSA) is 35.5 Å². The summed E-state index contributed by atoms with van der Waals surface area (Å²) in [6, 6.07) is 38.0. The average molecular weight is 758 g/mol. The van der Waals surface area contributed by atoms with E-state index in [-0.39, 0.29) is 11.0 Å². The number of esters is 1. The van der Waals surface area contributed by atoms with Crippen LogP contribution in [0.25, 0.3) is 0 Å². The molecule has 4 rings (SSSR count). The van der Waals surface area contributed by atoms with Crippen molar-refractivity contribution in [1.29, 1.82) is 0 Å². The standard InChI is InChI=1S/C27H33BrOSi.C9H9IO2/c1-27(2,3)30(25-13-6-4-7-14-25,26-15-8-5-9-16-26)29-21-11-10-12-23-17-19-24(22-28)20-18-23;1-2-12-9(11)7-3-5-8(10)6-4-7/h4-9,13-20H,10-12,21-22H2,1-3H3;3-6H,2H2,1H3. The normalized spacial score (nSPS) is 11.4. The molecule has 3 nitrogen and oxygen atoms in total. The van der Waals surface area contributed by atoms with E-state index in [1.54, 1.807) is 19.1 Å². The van der Waals surface area contributed by atoms with Crippen LogP contribution in [-0.4, -0.2) is 27.5 Å². The highest BCUT2D eigenvalue weighted by Crippen LogP contribution is 2.36. The second kappa shape index (κ2) is 17.1. The van der Waals surface area contributed by atoms with Crippen molar-refractivity contribution >= 4 is 63.2 Å². The van der Waals surface area contributed by atoms with Crippen molar-refractivity contribution in [3.8, 4) is 0 Å². The van der Waals surface area contributed by atoms with Gasteiger partial charge in [0.25, 0.3) is 8.32 Å². The molecule has 0 spiro atoms. The van der Waals surface area contributed by atoms with Crippen LogP contribution in [0.3, 0.4) is 0 Å². The zero-order valence-corrected chi connectivity index (χ0v) is 29.9. The fourth-order valence-electron chi connectivity index (χ4n) is 5.01. The van der Waals surface area contributed by atoms with Crippen LogP contribution in [0.4, 0.5) is 0 Å². The van der Waals surface area contributed by atoms with E-state index in [0.717, 1.165) is 34.8 Å².